The first-order valence-electron chi connectivity index (χ1n) is 10.2. The molecule has 0 aromatic heterocycles. The van der Waals surface area contributed by atoms with E-state index in [1.807, 2.05) is 0 Å². The van der Waals surface area contributed by atoms with Crippen molar-refractivity contribution in [2.45, 2.75) is 99.6 Å². The standard InChI is InChI=1S/C18H36O14.Zn/c19-7-5-3-1-2-4-6-8(20)9(21)10(22)11(23)12(24)13(25)14(26)15(27)16(28)17(29)18(30)32-31;/h8-17,19-29,31H,1-7H2;. The van der Waals surface area contributed by atoms with Gasteiger partial charge in [0.25, 0.3) is 0 Å². The summed E-state index contributed by atoms with van der Waals surface area (Å²) in [5.74, 6) is -1.79. The fourth-order valence-electron chi connectivity index (χ4n) is 2.99. The van der Waals surface area contributed by atoms with Crippen molar-refractivity contribution in [2.75, 3.05) is 6.61 Å². The van der Waals surface area contributed by atoms with Crippen LogP contribution < -0.4 is 0 Å². The Morgan fingerprint density at radius 2 is 0.939 bits per heavy atom. The molecule has 0 saturated heterocycles. The van der Waals surface area contributed by atoms with Crippen molar-refractivity contribution in [3.63, 3.8) is 0 Å². The summed E-state index contributed by atoms with van der Waals surface area (Å²) in [4.78, 5) is 14.1. The van der Waals surface area contributed by atoms with Gasteiger partial charge in [-0.3, -0.25) is 4.89 Å². The van der Waals surface area contributed by atoms with Crippen LogP contribution in [0.2, 0.25) is 0 Å². The zero-order valence-corrected chi connectivity index (χ0v) is 21.1. The Hall–Kier alpha value is -0.387. The van der Waals surface area contributed by atoms with Crippen molar-refractivity contribution in [3.8, 4) is 0 Å². The molecule has 0 aromatic rings. The van der Waals surface area contributed by atoms with E-state index in [4.69, 9.17) is 10.4 Å². The number of unbranched alkanes of at least 4 members (excludes halogenated alkanes) is 4. The third-order valence-electron chi connectivity index (χ3n) is 5.16. The van der Waals surface area contributed by atoms with Gasteiger partial charge in [-0.2, -0.15) is 5.26 Å². The number of aliphatic hydroxyl groups is 11. The molecule has 0 saturated carbocycles. The zero-order chi connectivity index (χ0) is 25.0. The Bertz CT molecular complexity index is 515. The van der Waals surface area contributed by atoms with Crippen LogP contribution in [-0.2, 0) is 29.2 Å². The van der Waals surface area contributed by atoms with E-state index in [0.29, 0.717) is 19.3 Å². The predicted octanol–water partition coefficient (Wildman–Crippen LogP) is -5.06. The minimum absolute atomic E-state index is 0. The summed E-state index contributed by atoms with van der Waals surface area (Å²) in [5.41, 5.74) is 0. The molecule has 0 fully saturated rings. The number of hydrogen-bond acceptors (Lipinski definition) is 14. The van der Waals surface area contributed by atoms with Gasteiger partial charge in [-0.15, -0.1) is 0 Å². The molecule has 0 bridgehead atoms. The molecule has 0 aliphatic rings. The van der Waals surface area contributed by atoms with E-state index >= 15 is 0 Å². The molecule has 0 rings (SSSR count). The number of aliphatic hydroxyl groups excluding tert-OH is 11. The van der Waals surface area contributed by atoms with Crippen molar-refractivity contribution >= 4 is 5.97 Å². The Balaban J connectivity index is 0. The summed E-state index contributed by atoms with van der Waals surface area (Å²) in [7, 11) is 0. The molecule has 10 unspecified atom stereocenters. The molecule has 10 atom stereocenters. The van der Waals surface area contributed by atoms with Crippen molar-refractivity contribution in [1.82, 2.24) is 0 Å². The smallest absolute Gasteiger partial charge is 0.373 e. The maximum Gasteiger partial charge on any atom is 0.373 e. The fourth-order valence-corrected chi connectivity index (χ4v) is 2.99. The molecule has 0 spiro atoms. The van der Waals surface area contributed by atoms with Crippen LogP contribution >= 0.6 is 0 Å². The van der Waals surface area contributed by atoms with Crippen LogP contribution in [0.3, 0.4) is 0 Å². The summed E-state index contributed by atoms with van der Waals surface area (Å²) in [6.07, 6.45) is -19.5. The Kier molecular flexibility index (Phi) is 18.9. The van der Waals surface area contributed by atoms with Crippen molar-refractivity contribution in [1.29, 1.82) is 0 Å². The molecule has 0 aromatic carbocycles. The SMILES string of the molecule is O=C(OO)C(O)C(O)C(O)C(O)C(O)C(O)C(O)C(O)C(O)C(O)CCCCCCCO.[Zn]. The summed E-state index contributed by atoms with van der Waals surface area (Å²) in [6.45, 7) is 0.0695. The predicted molar refractivity (Wildman–Crippen MR) is 104 cm³/mol. The maximum absolute atomic E-state index is 10.9. The number of hydrogen-bond donors (Lipinski definition) is 12. The number of carbonyl (C=O) groups excluding carboxylic acids is 1. The summed E-state index contributed by atoms with van der Waals surface area (Å²) in [5, 5.41) is 115. The van der Waals surface area contributed by atoms with E-state index in [-0.39, 0.29) is 32.5 Å². The normalized spacial score (nSPS) is 20.8. The topological polar surface area (TPSA) is 269 Å². The van der Waals surface area contributed by atoms with Gasteiger partial charge in [0, 0.05) is 26.1 Å². The second-order valence-corrected chi connectivity index (χ2v) is 7.63. The van der Waals surface area contributed by atoms with Gasteiger partial charge < -0.3 is 56.2 Å². The van der Waals surface area contributed by atoms with E-state index in [9.17, 15) is 55.9 Å². The molecule has 12 N–H and O–H groups in total. The number of rotatable bonds is 17. The molecular weight excluding hydrogens is 506 g/mol. The van der Waals surface area contributed by atoms with Gasteiger partial charge in [0.05, 0.1) is 6.10 Å². The average molecular weight is 542 g/mol. The van der Waals surface area contributed by atoms with Crippen LogP contribution in [0.5, 0.6) is 0 Å². The van der Waals surface area contributed by atoms with E-state index < -0.39 is 67.0 Å². The van der Waals surface area contributed by atoms with Crippen molar-refractivity contribution in [3.05, 3.63) is 0 Å². The number of carbonyl (C=O) groups is 1. The second kappa shape index (κ2) is 18.0. The van der Waals surface area contributed by atoms with Crippen LogP contribution in [0, 0.1) is 0 Å². The van der Waals surface area contributed by atoms with Crippen LogP contribution in [0.15, 0.2) is 0 Å². The third kappa shape index (κ3) is 11.3. The zero-order valence-electron chi connectivity index (χ0n) is 18.1. The third-order valence-corrected chi connectivity index (χ3v) is 5.16. The molecule has 0 aliphatic heterocycles. The first kappa shape index (κ1) is 34.8. The summed E-state index contributed by atoms with van der Waals surface area (Å²) >= 11 is 0. The molecular formula is C18H36O14Zn. The molecule has 0 amide bonds. The van der Waals surface area contributed by atoms with Crippen LogP contribution in [0.1, 0.15) is 38.5 Å². The van der Waals surface area contributed by atoms with Gasteiger partial charge in [-0.05, 0) is 12.8 Å². The Morgan fingerprint density at radius 1 is 0.576 bits per heavy atom. The van der Waals surface area contributed by atoms with Gasteiger partial charge in [-0.1, -0.05) is 25.7 Å². The monoisotopic (exact) mass is 540 g/mol. The molecule has 0 radical (unpaired) electrons. The van der Waals surface area contributed by atoms with Crippen LogP contribution in [0.25, 0.3) is 0 Å². The van der Waals surface area contributed by atoms with Crippen molar-refractivity contribution in [2.24, 2.45) is 0 Å². The van der Waals surface area contributed by atoms with E-state index in [2.05, 4.69) is 4.89 Å². The average Bonchev–Trinajstić information content (AvgIpc) is 2.80. The van der Waals surface area contributed by atoms with Gasteiger partial charge >= 0.3 is 5.97 Å². The van der Waals surface area contributed by atoms with Crippen LogP contribution in [0.4, 0.5) is 0 Å². The molecule has 0 heterocycles. The summed E-state index contributed by atoms with van der Waals surface area (Å²) in [6, 6.07) is 0. The molecule has 0 aliphatic carbocycles. The fraction of sp³-hybridized carbons (Fsp3) is 0.944. The van der Waals surface area contributed by atoms with Crippen LogP contribution in [-0.4, -0.2) is 135 Å². The maximum atomic E-state index is 10.9. The van der Waals surface area contributed by atoms with Gasteiger partial charge in [-0.25, -0.2) is 4.79 Å². The first-order valence-corrected chi connectivity index (χ1v) is 10.2. The minimum atomic E-state index is -2.54. The summed E-state index contributed by atoms with van der Waals surface area (Å²) < 4.78 is 0. The minimum Gasteiger partial charge on any atom is -0.396 e. The van der Waals surface area contributed by atoms with Gasteiger partial charge in [0.15, 0.2) is 6.10 Å². The van der Waals surface area contributed by atoms with Gasteiger partial charge in [0.2, 0.25) is 0 Å². The quantitative estimate of drug-likeness (QED) is 0.0355. The molecule has 15 heteroatoms. The first-order chi connectivity index (χ1) is 14.9. The largest absolute Gasteiger partial charge is 0.396 e. The second-order valence-electron chi connectivity index (χ2n) is 7.63. The van der Waals surface area contributed by atoms with Crippen molar-refractivity contribution < 1.29 is 90.6 Å². The Labute approximate surface area is 203 Å². The Morgan fingerprint density at radius 3 is 1.36 bits per heavy atom. The van der Waals surface area contributed by atoms with E-state index in [0.717, 1.165) is 12.8 Å². The molecule has 194 valence electrons. The van der Waals surface area contributed by atoms with Gasteiger partial charge in [0.1, 0.15) is 48.8 Å². The van der Waals surface area contributed by atoms with E-state index in [1.165, 1.54) is 0 Å². The molecule has 14 nitrogen and oxygen atoms in total. The van der Waals surface area contributed by atoms with E-state index in [1.54, 1.807) is 0 Å². The molecule has 33 heavy (non-hydrogen) atoms.